The minimum Gasteiger partial charge on any atom is -0.450 e. The second-order valence-electron chi connectivity index (χ2n) is 20.2. The zero-order valence-corrected chi connectivity index (χ0v) is 33.3. The number of carbonyl (C=O) groups is 2. The summed E-state index contributed by atoms with van der Waals surface area (Å²) in [7, 11) is 1.91. The Bertz CT molecular complexity index is 1570. The summed E-state index contributed by atoms with van der Waals surface area (Å²) in [5, 5.41) is 73.3. The molecule has 9 rings (SSSR count). The Morgan fingerprint density at radius 1 is 0.891 bits per heavy atom. The number of aldehydes is 1. The highest BCUT2D eigenvalue weighted by atomic mass is 16.5. The van der Waals surface area contributed by atoms with E-state index in [0.717, 1.165) is 69.0 Å². The van der Waals surface area contributed by atoms with Crippen LogP contribution < -0.4 is 10.6 Å². The van der Waals surface area contributed by atoms with Crippen molar-refractivity contribution in [2.45, 2.75) is 151 Å². The standard InChI is InChI=1S/C45H68N2O8/c1-26(27-8-6-7-9-27)28-12-13-33-35(49)14-16-41(25-48)36-15-17-42(31-10-4-3-5-11-31)38-29(20-30(24-47-19-18-46-2)39-32(38)22-37(50)55-39)23-43(42,52)45(36,54)40(51)34(21-28)44(33,41)53/h20,22,25-29,31,33-36,38-40,46-47,49,51-54H,3-19,21,23-24H2,1-2H3. The van der Waals surface area contributed by atoms with E-state index in [0.29, 0.717) is 50.5 Å². The van der Waals surface area contributed by atoms with E-state index in [1.165, 1.54) is 25.7 Å². The molecule has 0 bridgehead atoms. The van der Waals surface area contributed by atoms with Gasteiger partial charge in [-0.2, -0.15) is 0 Å². The van der Waals surface area contributed by atoms with Gasteiger partial charge in [0.15, 0.2) is 0 Å². The van der Waals surface area contributed by atoms with Crippen LogP contribution in [-0.4, -0.2) is 99.6 Å². The second kappa shape index (κ2) is 14.0. The van der Waals surface area contributed by atoms with Crippen LogP contribution in [0.2, 0.25) is 0 Å². The molecule has 306 valence electrons. The Labute approximate surface area is 327 Å². The van der Waals surface area contributed by atoms with Gasteiger partial charge in [-0.3, -0.25) is 0 Å². The van der Waals surface area contributed by atoms with E-state index in [9.17, 15) is 35.1 Å². The van der Waals surface area contributed by atoms with Crippen LogP contribution in [0.25, 0.3) is 0 Å². The molecule has 0 radical (unpaired) electrons. The van der Waals surface area contributed by atoms with Crippen LogP contribution in [0.1, 0.15) is 116 Å². The molecule has 15 unspecified atom stereocenters. The topological polar surface area (TPSA) is 169 Å². The first kappa shape index (κ1) is 38.8. The third-order valence-electron chi connectivity index (χ3n) is 18.6. The first-order valence-corrected chi connectivity index (χ1v) is 22.4. The molecule has 1 heterocycles. The van der Waals surface area contributed by atoms with E-state index in [1.54, 1.807) is 6.08 Å². The molecule has 0 aromatic heterocycles. The molecule has 7 N–H and O–H groups in total. The summed E-state index contributed by atoms with van der Waals surface area (Å²) in [5.41, 5.74) is -6.10. The first-order valence-electron chi connectivity index (χ1n) is 22.4. The fourth-order valence-corrected chi connectivity index (χ4v) is 16.4. The molecule has 9 aliphatic rings. The van der Waals surface area contributed by atoms with Gasteiger partial charge < -0.3 is 45.7 Å². The predicted molar refractivity (Wildman–Crippen MR) is 206 cm³/mol. The largest absolute Gasteiger partial charge is 0.450 e. The molecule has 0 aromatic rings. The molecule has 0 aromatic carbocycles. The van der Waals surface area contributed by atoms with Crippen molar-refractivity contribution in [1.29, 1.82) is 0 Å². The Kier molecular flexibility index (Phi) is 9.87. The Morgan fingerprint density at radius 2 is 1.64 bits per heavy atom. The number of fused-ring (bicyclic) bond motifs is 8. The van der Waals surface area contributed by atoms with Gasteiger partial charge in [-0.05, 0) is 118 Å². The zero-order valence-electron chi connectivity index (χ0n) is 33.3. The first-order chi connectivity index (χ1) is 26.4. The lowest BCUT2D eigenvalue weighted by Crippen LogP contribution is -2.85. The van der Waals surface area contributed by atoms with Gasteiger partial charge in [0.1, 0.15) is 23.6 Å². The maximum Gasteiger partial charge on any atom is 0.331 e. The minimum atomic E-state index is -2.10. The maximum absolute atomic E-state index is 14.2. The van der Waals surface area contributed by atoms with Crippen molar-refractivity contribution in [3.05, 3.63) is 23.3 Å². The Morgan fingerprint density at radius 3 is 2.36 bits per heavy atom. The lowest BCUT2D eigenvalue weighted by Gasteiger charge is -2.74. The third kappa shape index (κ3) is 5.10. The number of aliphatic hydroxyl groups excluding tert-OH is 2. The van der Waals surface area contributed by atoms with Gasteiger partial charge in [0, 0.05) is 48.9 Å². The van der Waals surface area contributed by atoms with Crippen LogP contribution in [0.3, 0.4) is 0 Å². The van der Waals surface area contributed by atoms with Crippen LogP contribution in [0.4, 0.5) is 0 Å². The van der Waals surface area contributed by atoms with Crippen LogP contribution >= 0.6 is 0 Å². The molecular formula is C45H68N2O8. The smallest absolute Gasteiger partial charge is 0.331 e. The van der Waals surface area contributed by atoms with Crippen molar-refractivity contribution >= 4 is 12.3 Å². The van der Waals surface area contributed by atoms with Gasteiger partial charge in [0.2, 0.25) is 0 Å². The van der Waals surface area contributed by atoms with Gasteiger partial charge >= 0.3 is 5.97 Å². The summed E-state index contributed by atoms with van der Waals surface area (Å²) in [4.78, 5) is 27.3. The summed E-state index contributed by atoms with van der Waals surface area (Å²) < 4.78 is 6.06. The molecule has 15 atom stereocenters. The van der Waals surface area contributed by atoms with Crippen LogP contribution in [-0.2, 0) is 14.3 Å². The van der Waals surface area contributed by atoms with Gasteiger partial charge in [0.05, 0.1) is 23.2 Å². The molecule has 10 nitrogen and oxygen atoms in total. The Balaban J connectivity index is 1.20. The average Bonchev–Trinajstić information content (AvgIpc) is 3.89. The monoisotopic (exact) mass is 764 g/mol. The van der Waals surface area contributed by atoms with Gasteiger partial charge in [0.25, 0.3) is 0 Å². The number of likely N-dealkylation sites (N-methyl/N-ethyl adjacent to an activating group) is 1. The molecule has 1 aliphatic heterocycles. The highest BCUT2D eigenvalue weighted by molar-refractivity contribution is 5.87. The molecule has 8 aliphatic carbocycles. The highest BCUT2D eigenvalue weighted by Gasteiger charge is 2.85. The fraction of sp³-hybridized carbons (Fsp3) is 0.867. The van der Waals surface area contributed by atoms with Crippen molar-refractivity contribution in [2.75, 3.05) is 26.7 Å². The lowest BCUT2D eigenvalue weighted by molar-refractivity contribution is -0.379. The fourth-order valence-electron chi connectivity index (χ4n) is 16.4. The molecule has 0 spiro atoms. The molecule has 7 saturated carbocycles. The molecule has 7 fully saturated rings. The maximum atomic E-state index is 14.2. The van der Waals surface area contributed by atoms with E-state index < -0.39 is 63.7 Å². The van der Waals surface area contributed by atoms with E-state index >= 15 is 0 Å². The quantitative estimate of drug-likeness (QED) is 0.0791. The summed E-state index contributed by atoms with van der Waals surface area (Å²) in [6.07, 6.45) is 15.0. The molecule has 10 heteroatoms. The molecular weight excluding hydrogens is 697 g/mol. The van der Waals surface area contributed by atoms with Crippen LogP contribution in [0.15, 0.2) is 23.3 Å². The normalized spacial score (nSPS) is 50.0. The second-order valence-corrected chi connectivity index (χ2v) is 20.2. The van der Waals surface area contributed by atoms with Crippen LogP contribution in [0, 0.1) is 64.1 Å². The molecule has 55 heavy (non-hydrogen) atoms. The summed E-state index contributed by atoms with van der Waals surface area (Å²) in [5.74, 6) is -2.16. The van der Waals surface area contributed by atoms with Crippen molar-refractivity contribution < 1.29 is 39.9 Å². The summed E-state index contributed by atoms with van der Waals surface area (Å²) >= 11 is 0. The number of nitrogens with one attached hydrogen (secondary N) is 2. The number of aliphatic hydroxyl groups is 5. The van der Waals surface area contributed by atoms with Crippen LogP contribution in [0.5, 0.6) is 0 Å². The van der Waals surface area contributed by atoms with Crippen molar-refractivity contribution in [2.24, 2.45) is 64.1 Å². The third-order valence-corrected chi connectivity index (χ3v) is 18.6. The number of rotatable bonds is 9. The van der Waals surface area contributed by atoms with Crippen molar-refractivity contribution in [3.63, 3.8) is 0 Å². The van der Waals surface area contributed by atoms with Gasteiger partial charge in [-0.25, -0.2) is 4.79 Å². The molecule has 0 saturated heterocycles. The zero-order chi connectivity index (χ0) is 38.5. The number of carbonyl (C=O) groups excluding carboxylic acids is 2. The minimum absolute atomic E-state index is 0.0394. The molecule has 0 amide bonds. The highest BCUT2D eigenvalue weighted by Crippen LogP contribution is 2.78. The van der Waals surface area contributed by atoms with Gasteiger partial charge in [-0.15, -0.1) is 0 Å². The van der Waals surface area contributed by atoms with E-state index in [2.05, 4.69) is 23.6 Å². The van der Waals surface area contributed by atoms with Gasteiger partial charge in [-0.1, -0.05) is 57.9 Å². The number of esters is 1. The van der Waals surface area contributed by atoms with E-state index in [-0.39, 0.29) is 42.5 Å². The lowest BCUT2D eigenvalue weighted by atomic mass is 9.34. The number of hydrogen-bond acceptors (Lipinski definition) is 10. The van der Waals surface area contributed by atoms with E-state index in [1.807, 2.05) is 7.05 Å². The number of hydrogen-bond donors (Lipinski definition) is 7. The summed E-state index contributed by atoms with van der Waals surface area (Å²) in [6, 6.07) is 0. The summed E-state index contributed by atoms with van der Waals surface area (Å²) in [6.45, 7) is 4.36. The van der Waals surface area contributed by atoms with E-state index in [4.69, 9.17) is 4.74 Å². The number of ether oxygens (including phenoxy) is 1. The average molecular weight is 765 g/mol. The Hall–Kier alpha value is -1.66. The predicted octanol–water partition coefficient (Wildman–Crippen LogP) is 3.97. The van der Waals surface area contributed by atoms with Crippen molar-refractivity contribution in [1.82, 2.24) is 10.6 Å². The SMILES string of the molecule is CNCCNCC1=CC2CC3(O)C4(O)C(O)C5CC(C(C)C6CCCC6)CCC6C(O)CCC(C=O)(C4CCC3(C3CCCCC3)C2C2=CC(=O)OC12)C65O. The van der Waals surface area contributed by atoms with Crippen molar-refractivity contribution in [3.8, 4) is 0 Å². The number of allylic oxidation sites excluding steroid dienone is 1.